The van der Waals surface area contributed by atoms with Crippen molar-refractivity contribution in [3.8, 4) is 5.75 Å². The van der Waals surface area contributed by atoms with Crippen LogP contribution in [0.1, 0.15) is 6.42 Å². The van der Waals surface area contributed by atoms with Gasteiger partial charge in [-0.1, -0.05) is 0 Å². The molecule has 0 saturated carbocycles. The number of rotatable bonds is 7. The molecule has 0 unspecified atom stereocenters. The fourth-order valence-corrected chi connectivity index (χ4v) is 2.78. The van der Waals surface area contributed by atoms with E-state index in [4.69, 9.17) is 4.74 Å². The summed E-state index contributed by atoms with van der Waals surface area (Å²) in [5.74, 6) is -0.0116. The molecule has 0 aromatic heterocycles. The molecule has 1 fully saturated rings. The number of carbonyl (C=O) groups excluding carboxylic acids is 2. The molecule has 25 heavy (non-hydrogen) atoms. The molecular weight excluding hydrogens is 324 g/mol. The van der Waals surface area contributed by atoms with E-state index in [0.717, 1.165) is 36.8 Å². The number of benzene rings is 1. The Bertz CT molecular complexity index is 556. The molecule has 1 heterocycles. The van der Waals surface area contributed by atoms with Crippen molar-refractivity contribution in [3.05, 3.63) is 24.3 Å². The van der Waals surface area contributed by atoms with Crippen LogP contribution in [-0.4, -0.2) is 70.0 Å². The van der Waals surface area contributed by atoms with Gasteiger partial charge in [-0.3, -0.25) is 10.1 Å². The number of hydrogen-bond donors (Lipinski definition) is 4. The zero-order valence-electron chi connectivity index (χ0n) is 14.6. The third kappa shape index (κ3) is 6.60. The summed E-state index contributed by atoms with van der Waals surface area (Å²) in [6, 6.07) is 6.67. The monoisotopic (exact) mass is 351 g/mol. The van der Waals surface area contributed by atoms with Gasteiger partial charge in [0.2, 0.25) is 0 Å². The highest BCUT2D eigenvalue weighted by molar-refractivity contribution is 5.94. The number of hydrogen-bond acceptors (Lipinski definition) is 5. The van der Waals surface area contributed by atoms with Crippen molar-refractivity contribution in [3.63, 3.8) is 0 Å². The average molecular weight is 351 g/mol. The Morgan fingerprint density at radius 3 is 2.56 bits per heavy atom. The third-order valence-electron chi connectivity index (χ3n) is 4.16. The largest absolute Gasteiger partial charge is 0.508 e. The Morgan fingerprint density at radius 1 is 1.24 bits per heavy atom. The first kappa shape index (κ1) is 19.0. The summed E-state index contributed by atoms with van der Waals surface area (Å²) in [5, 5.41) is 14.3. The molecule has 8 heteroatoms. The summed E-state index contributed by atoms with van der Waals surface area (Å²) in [5.41, 5.74) is 1.07. The maximum Gasteiger partial charge on any atom is 0.321 e. The second-order valence-corrected chi connectivity index (χ2v) is 6.08. The maximum atomic E-state index is 11.9. The molecule has 0 spiro atoms. The van der Waals surface area contributed by atoms with E-state index in [1.807, 2.05) is 12.1 Å². The molecule has 3 amide bonds. The Morgan fingerprint density at radius 2 is 1.92 bits per heavy atom. The quantitative estimate of drug-likeness (QED) is 0.471. The first-order chi connectivity index (χ1) is 12.1. The van der Waals surface area contributed by atoms with E-state index in [1.54, 1.807) is 19.2 Å². The molecule has 1 aromatic carbocycles. The number of anilines is 1. The van der Waals surface area contributed by atoms with Gasteiger partial charge in [0, 0.05) is 25.9 Å². The predicted molar refractivity (Wildman–Crippen MR) is 93.9 cm³/mol. The highest BCUT2D eigenvalue weighted by Gasteiger charge is 2.23. The van der Waals surface area contributed by atoms with E-state index in [-0.39, 0.29) is 18.2 Å². The van der Waals surface area contributed by atoms with Crippen LogP contribution < -0.4 is 20.4 Å². The number of phenolic OH excluding ortho intramolecular Hbond substituents is 1. The first-order valence-corrected chi connectivity index (χ1v) is 8.52. The topological polar surface area (TPSA) is 95.3 Å². The van der Waals surface area contributed by atoms with Crippen molar-refractivity contribution in [1.82, 2.24) is 10.6 Å². The molecule has 1 aliphatic heterocycles. The summed E-state index contributed by atoms with van der Waals surface area (Å²) in [7, 11) is 1.60. The van der Waals surface area contributed by atoms with E-state index in [1.165, 1.54) is 0 Å². The smallest absolute Gasteiger partial charge is 0.321 e. The lowest BCUT2D eigenvalue weighted by Crippen LogP contribution is -3.16. The van der Waals surface area contributed by atoms with E-state index in [0.29, 0.717) is 19.6 Å². The Hall–Kier alpha value is -2.32. The SMILES string of the molecule is COCCCNC(=O)NC(=O)C[NH+]1CCN(c2ccc(O)cc2)CC1. The number of phenols is 1. The second-order valence-electron chi connectivity index (χ2n) is 6.08. The van der Waals surface area contributed by atoms with Gasteiger partial charge in [0.25, 0.3) is 5.91 Å². The standard InChI is InChI=1S/C17H26N4O4/c1-25-12-2-7-18-17(24)19-16(23)13-20-8-10-21(11-9-20)14-3-5-15(22)6-4-14/h3-6,22H,2,7-13H2,1H3,(H2,18,19,23,24)/p+1. The molecule has 2 rings (SSSR count). The molecule has 1 saturated heterocycles. The summed E-state index contributed by atoms with van der Waals surface area (Å²) < 4.78 is 4.89. The molecule has 1 aromatic rings. The van der Waals surface area contributed by atoms with Crippen molar-refractivity contribution in [2.24, 2.45) is 0 Å². The maximum absolute atomic E-state index is 11.9. The Balaban J connectivity index is 1.66. The Kier molecular flexibility index (Phi) is 7.49. The van der Waals surface area contributed by atoms with Gasteiger partial charge in [0.05, 0.1) is 26.2 Å². The lowest BCUT2D eigenvalue weighted by molar-refractivity contribution is -0.892. The van der Waals surface area contributed by atoms with E-state index >= 15 is 0 Å². The van der Waals surface area contributed by atoms with E-state index in [9.17, 15) is 14.7 Å². The molecule has 138 valence electrons. The van der Waals surface area contributed by atoms with Crippen molar-refractivity contribution in [2.45, 2.75) is 6.42 Å². The van der Waals surface area contributed by atoms with Crippen molar-refractivity contribution < 1.29 is 24.3 Å². The zero-order valence-corrected chi connectivity index (χ0v) is 14.6. The third-order valence-corrected chi connectivity index (χ3v) is 4.16. The molecule has 4 N–H and O–H groups in total. The number of ether oxygens (including phenoxy) is 1. The number of piperazine rings is 1. The van der Waals surface area contributed by atoms with Crippen LogP contribution >= 0.6 is 0 Å². The number of nitrogens with one attached hydrogen (secondary N) is 3. The van der Waals surface area contributed by atoms with E-state index in [2.05, 4.69) is 15.5 Å². The van der Waals surface area contributed by atoms with Crippen LogP contribution in [0.4, 0.5) is 10.5 Å². The second kappa shape index (κ2) is 9.85. The summed E-state index contributed by atoms with van der Waals surface area (Å²) in [6.45, 7) is 4.64. The minimum atomic E-state index is -0.455. The number of carbonyl (C=O) groups is 2. The number of aromatic hydroxyl groups is 1. The fourth-order valence-electron chi connectivity index (χ4n) is 2.78. The highest BCUT2D eigenvalue weighted by atomic mass is 16.5. The van der Waals surface area contributed by atoms with Crippen molar-refractivity contribution >= 4 is 17.6 Å². The van der Waals surface area contributed by atoms with Crippen LogP contribution in [0.3, 0.4) is 0 Å². The van der Waals surface area contributed by atoms with Crippen LogP contribution in [-0.2, 0) is 9.53 Å². The number of methoxy groups -OCH3 is 1. The van der Waals surface area contributed by atoms with Gasteiger partial charge in [0.15, 0.2) is 6.54 Å². The summed E-state index contributed by atoms with van der Waals surface area (Å²) in [4.78, 5) is 26.9. The van der Waals surface area contributed by atoms with Crippen LogP contribution in [0.25, 0.3) is 0 Å². The molecular formula is C17H27N4O4+. The van der Waals surface area contributed by atoms with Crippen molar-refractivity contribution in [1.29, 1.82) is 0 Å². The van der Waals surface area contributed by atoms with Crippen LogP contribution in [0, 0.1) is 0 Å². The van der Waals surface area contributed by atoms with Crippen LogP contribution in [0.2, 0.25) is 0 Å². The van der Waals surface area contributed by atoms with Gasteiger partial charge in [0.1, 0.15) is 5.75 Å². The number of quaternary nitrogens is 1. The predicted octanol–water partition coefficient (Wildman–Crippen LogP) is -1.04. The van der Waals surface area contributed by atoms with Gasteiger partial charge in [-0.2, -0.15) is 0 Å². The van der Waals surface area contributed by atoms with E-state index < -0.39 is 6.03 Å². The number of nitrogens with zero attached hydrogens (tertiary/aromatic N) is 1. The van der Waals surface area contributed by atoms with Gasteiger partial charge in [-0.15, -0.1) is 0 Å². The fraction of sp³-hybridized carbons (Fsp3) is 0.529. The average Bonchev–Trinajstić information content (AvgIpc) is 2.60. The minimum Gasteiger partial charge on any atom is -0.508 e. The minimum absolute atomic E-state index is 0.255. The van der Waals surface area contributed by atoms with Gasteiger partial charge in [-0.25, -0.2) is 4.79 Å². The zero-order chi connectivity index (χ0) is 18.1. The lowest BCUT2D eigenvalue weighted by Gasteiger charge is -2.33. The molecule has 1 aliphatic rings. The normalized spacial score (nSPS) is 15.0. The van der Waals surface area contributed by atoms with Gasteiger partial charge in [-0.05, 0) is 30.7 Å². The lowest BCUT2D eigenvalue weighted by atomic mass is 10.2. The van der Waals surface area contributed by atoms with Crippen LogP contribution in [0.15, 0.2) is 24.3 Å². The first-order valence-electron chi connectivity index (χ1n) is 8.52. The van der Waals surface area contributed by atoms with Gasteiger partial charge >= 0.3 is 6.03 Å². The molecule has 0 aliphatic carbocycles. The molecule has 0 atom stereocenters. The molecule has 0 radical (unpaired) electrons. The van der Waals surface area contributed by atoms with Crippen molar-refractivity contribution in [2.75, 3.05) is 57.9 Å². The molecule has 0 bridgehead atoms. The highest BCUT2D eigenvalue weighted by Crippen LogP contribution is 2.17. The molecule has 8 nitrogen and oxygen atoms in total. The number of amides is 3. The number of urea groups is 1. The summed E-state index contributed by atoms with van der Waals surface area (Å²) >= 11 is 0. The summed E-state index contributed by atoms with van der Waals surface area (Å²) in [6.07, 6.45) is 0.711. The van der Waals surface area contributed by atoms with Gasteiger partial charge < -0.3 is 25.0 Å². The Labute approximate surface area is 147 Å². The van der Waals surface area contributed by atoms with Crippen LogP contribution in [0.5, 0.6) is 5.75 Å². The number of imide groups is 1.